The summed E-state index contributed by atoms with van der Waals surface area (Å²) in [6, 6.07) is 8.06. The molecule has 18 heavy (non-hydrogen) atoms. The third-order valence-electron chi connectivity index (χ3n) is 2.78. The van der Waals surface area contributed by atoms with Crippen molar-refractivity contribution in [1.29, 1.82) is 0 Å². The van der Waals surface area contributed by atoms with Crippen LogP contribution in [-0.4, -0.2) is 57.7 Å². The SMILES string of the molecule is COc1ccccc1C=CCN(C)CCN(C)C. The second kappa shape index (κ2) is 7.90. The Kier molecular flexibility index (Phi) is 6.47. The lowest BCUT2D eigenvalue weighted by Gasteiger charge is -2.17. The Labute approximate surface area is 111 Å². The number of likely N-dealkylation sites (N-methyl/N-ethyl adjacent to an activating group) is 2. The molecule has 3 heteroatoms. The van der Waals surface area contributed by atoms with Crippen molar-refractivity contribution in [1.82, 2.24) is 9.80 Å². The van der Waals surface area contributed by atoms with Crippen LogP contribution in [0.1, 0.15) is 5.56 Å². The normalized spacial score (nSPS) is 11.7. The average molecular weight is 248 g/mol. The predicted molar refractivity (Wildman–Crippen MR) is 78.1 cm³/mol. The van der Waals surface area contributed by atoms with Gasteiger partial charge in [-0.3, -0.25) is 0 Å². The first kappa shape index (κ1) is 14.7. The van der Waals surface area contributed by atoms with Gasteiger partial charge in [0.1, 0.15) is 5.75 Å². The van der Waals surface area contributed by atoms with Gasteiger partial charge in [0, 0.05) is 25.2 Å². The Bertz CT molecular complexity index is 375. The van der Waals surface area contributed by atoms with Gasteiger partial charge in [-0.1, -0.05) is 30.4 Å². The van der Waals surface area contributed by atoms with Crippen LogP contribution >= 0.6 is 0 Å². The van der Waals surface area contributed by atoms with E-state index in [-0.39, 0.29) is 0 Å². The maximum absolute atomic E-state index is 5.31. The molecule has 0 amide bonds. The highest BCUT2D eigenvalue weighted by Gasteiger charge is 1.98. The van der Waals surface area contributed by atoms with Crippen LogP contribution in [0.2, 0.25) is 0 Å². The van der Waals surface area contributed by atoms with Crippen molar-refractivity contribution in [2.24, 2.45) is 0 Å². The minimum absolute atomic E-state index is 0.921. The number of hydrogen-bond donors (Lipinski definition) is 0. The zero-order valence-corrected chi connectivity index (χ0v) is 11.9. The van der Waals surface area contributed by atoms with Gasteiger partial charge in [-0.25, -0.2) is 0 Å². The van der Waals surface area contributed by atoms with E-state index in [4.69, 9.17) is 4.74 Å². The van der Waals surface area contributed by atoms with Gasteiger partial charge in [-0.15, -0.1) is 0 Å². The summed E-state index contributed by atoms with van der Waals surface area (Å²) < 4.78 is 5.31. The summed E-state index contributed by atoms with van der Waals surface area (Å²) in [5.74, 6) is 0.921. The molecule has 0 aliphatic heterocycles. The molecule has 0 saturated heterocycles. The average Bonchev–Trinajstić information content (AvgIpc) is 2.37. The summed E-state index contributed by atoms with van der Waals surface area (Å²) in [6.07, 6.45) is 4.29. The lowest BCUT2D eigenvalue weighted by Crippen LogP contribution is -2.28. The van der Waals surface area contributed by atoms with Crippen LogP contribution in [0.5, 0.6) is 5.75 Å². The number of rotatable bonds is 7. The molecule has 1 aromatic carbocycles. The number of benzene rings is 1. The Morgan fingerprint density at radius 1 is 1.11 bits per heavy atom. The maximum Gasteiger partial charge on any atom is 0.126 e. The van der Waals surface area contributed by atoms with Crippen molar-refractivity contribution in [2.45, 2.75) is 0 Å². The predicted octanol–water partition coefficient (Wildman–Crippen LogP) is 2.20. The smallest absolute Gasteiger partial charge is 0.126 e. The number of para-hydroxylation sites is 1. The summed E-state index contributed by atoms with van der Waals surface area (Å²) in [5.41, 5.74) is 1.13. The van der Waals surface area contributed by atoms with E-state index >= 15 is 0 Å². The minimum Gasteiger partial charge on any atom is -0.496 e. The summed E-state index contributed by atoms with van der Waals surface area (Å²) in [5, 5.41) is 0. The van der Waals surface area contributed by atoms with Crippen molar-refractivity contribution in [2.75, 3.05) is 47.9 Å². The van der Waals surface area contributed by atoms with Crippen molar-refractivity contribution in [3.8, 4) is 5.75 Å². The highest BCUT2D eigenvalue weighted by atomic mass is 16.5. The zero-order chi connectivity index (χ0) is 13.4. The fourth-order valence-electron chi connectivity index (χ4n) is 1.63. The van der Waals surface area contributed by atoms with E-state index in [1.165, 1.54) is 0 Å². The van der Waals surface area contributed by atoms with E-state index in [0.717, 1.165) is 30.9 Å². The van der Waals surface area contributed by atoms with E-state index in [1.807, 2.05) is 18.2 Å². The van der Waals surface area contributed by atoms with Crippen molar-refractivity contribution >= 4 is 6.08 Å². The molecule has 3 nitrogen and oxygen atoms in total. The molecule has 0 radical (unpaired) electrons. The van der Waals surface area contributed by atoms with Crippen LogP contribution in [0, 0.1) is 0 Å². The standard InChI is InChI=1S/C15H24N2O/c1-16(2)12-13-17(3)11-7-9-14-8-5-6-10-15(14)18-4/h5-10H,11-13H2,1-4H3. The molecule has 1 aromatic rings. The van der Waals surface area contributed by atoms with Crippen LogP contribution < -0.4 is 4.74 Å². The molecule has 0 atom stereocenters. The number of nitrogens with zero attached hydrogens (tertiary/aromatic N) is 2. The van der Waals surface area contributed by atoms with Gasteiger partial charge < -0.3 is 14.5 Å². The van der Waals surface area contributed by atoms with E-state index in [0.29, 0.717) is 0 Å². The molecule has 0 heterocycles. The molecule has 0 fully saturated rings. The van der Waals surface area contributed by atoms with E-state index < -0.39 is 0 Å². The zero-order valence-electron chi connectivity index (χ0n) is 11.9. The Morgan fingerprint density at radius 3 is 2.50 bits per heavy atom. The molecular weight excluding hydrogens is 224 g/mol. The van der Waals surface area contributed by atoms with Gasteiger partial charge >= 0.3 is 0 Å². The van der Waals surface area contributed by atoms with Crippen LogP contribution in [0.15, 0.2) is 30.3 Å². The first-order valence-corrected chi connectivity index (χ1v) is 6.26. The number of ether oxygens (including phenoxy) is 1. The van der Waals surface area contributed by atoms with Crippen LogP contribution in [0.25, 0.3) is 6.08 Å². The van der Waals surface area contributed by atoms with E-state index in [2.05, 4.69) is 49.2 Å². The first-order chi connectivity index (χ1) is 8.63. The molecule has 100 valence electrons. The summed E-state index contributed by atoms with van der Waals surface area (Å²) in [6.45, 7) is 3.11. The summed E-state index contributed by atoms with van der Waals surface area (Å²) in [4.78, 5) is 4.49. The van der Waals surface area contributed by atoms with Crippen molar-refractivity contribution in [3.63, 3.8) is 0 Å². The molecule has 1 rings (SSSR count). The lowest BCUT2D eigenvalue weighted by molar-refractivity contribution is 0.302. The summed E-state index contributed by atoms with van der Waals surface area (Å²) >= 11 is 0. The highest BCUT2D eigenvalue weighted by Crippen LogP contribution is 2.18. The Morgan fingerprint density at radius 2 is 1.83 bits per heavy atom. The topological polar surface area (TPSA) is 15.7 Å². The van der Waals surface area contributed by atoms with Crippen molar-refractivity contribution < 1.29 is 4.74 Å². The monoisotopic (exact) mass is 248 g/mol. The Hall–Kier alpha value is -1.32. The first-order valence-electron chi connectivity index (χ1n) is 6.26. The molecule has 0 unspecified atom stereocenters. The van der Waals surface area contributed by atoms with Crippen molar-refractivity contribution in [3.05, 3.63) is 35.9 Å². The van der Waals surface area contributed by atoms with Crippen LogP contribution in [-0.2, 0) is 0 Å². The third-order valence-corrected chi connectivity index (χ3v) is 2.78. The molecule has 0 bridgehead atoms. The molecule has 0 saturated carbocycles. The molecule has 0 spiro atoms. The van der Waals surface area contributed by atoms with Crippen LogP contribution in [0.3, 0.4) is 0 Å². The lowest BCUT2D eigenvalue weighted by atomic mass is 10.2. The van der Waals surface area contributed by atoms with E-state index in [9.17, 15) is 0 Å². The van der Waals surface area contributed by atoms with Gasteiger partial charge in [0.05, 0.1) is 7.11 Å². The Balaban J connectivity index is 2.44. The number of hydrogen-bond acceptors (Lipinski definition) is 3. The second-order valence-electron chi connectivity index (χ2n) is 4.71. The molecule has 0 aliphatic rings. The third kappa shape index (κ3) is 5.34. The summed E-state index contributed by atoms with van der Waals surface area (Å²) in [7, 11) is 8.03. The maximum atomic E-state index is 5.31. The van der Waals surface area contributed by atoms with Gasteiger partial charge in [0.25, 0.3) is 0 Å². The number of methoxy groups -OCH3 is 1. The molecule has 0 aliphatic carbocycles. The molecular formula is C15H24N2O. The largest absolute Gasteiger partial charge is 0.496 e. The fourth-order valence-corrected chi connectivity index (χ4v) is 1.63. The molecule has 0 N–H and O–H groups in total. The van der Waals surface area contributed by atoms with Gasteiger partial charge in [0.2, 0.25) is 0 Å². The highest BCUT2D eigenvalue weighted by molar-refractivity contribution is 5.57. The second-order valence-corrected chi connectivity index (χ2v) is 4.71. The van der Waals surface area contributed by atoms with Gasteiger partial charge in [-0.2, -0.15) is 0 Å². The minimum atomic E-state index is 0.921. The van der Waals surface area contributed by atoms with E-state index in [1.54, 1.807) is 7.11 Å². The fraction of sp³-hybridized carbons (Fsp3) is 0.467. The van der Waals surface area contributed by atoms with Crippen LogP contribution in [0.4, 0.5) is 0 Å². The molecule has 0 aromatic heterocycles. The van der Waals surface area contributed by atoms with Gasteiger partial charge in [-0.05, 0) is 27.2 Å². The van der Waals surface area contributed by atoms with Gasteiger partial charge in [0.15, 0.2) is 0 Å². The quantitative estimate of drug-likeness (QED) is 0.736.